The van der Waals surface area contributed by atoms with E-state index in [2.05, 4.69) is 5.32 Å². The highest BCUT2D eigenvalue weighted by molar-refractivity contribution is 5.36. The topological polar surface area (TPSA) is 21.3 Å². The molecule has 0 aliphatic carbocycles. The summed E-state index contributed by atoms with van der Waals surface area (Å²) < 4.78 is 32.8. The fourth-order valence-electron chi connectivity index (χ4n) is 1.56. The zero-order chi connectivity index (χ0) is 12.9. The molecule has 0 saturated heterocycles. The number of nitrogens with one attached hydrogen (secondary N) is 1. The Morgan fingerprint density at radius 1 is 1.29 bits per heavy atom. The van der Waals surface area contributed by atoms with Crippen molar-refractivity contribution in [2.75, 3.05) is 20.2 Å². The van der Waals surface area contributed by atoms with Crippen LogP contribution >= 0.6 is 0 Å². The predicted octanol–water partition coefficient (Wildman–Crippen LogP) is 3.03. The Balaban J connectivity index is 2.74. The second-order valence-corrected chi connectivity index (χ2v) is 4.43. The number of methoxy groups -OCH3 is 1. The van der Waals surface area contributed by atoms with Gasteiger partial charge in [-0.25, -0.2) is 0 Å². The third-order valence-corrected chi connectivity index (χ3v) is 2.40. The molecule has 0 bridgehead atoms. The van der Waals surface area contributed by atoms with Crippen molar-refractivity contribution in [1.29, 1.82) is 0 Å². The number of para-hydroxylation sites is 1. The molecule has 0 aliphatic rings. The van der Waals surface area contributed by atoms with Gasteiger partial charge in [0.2, 0.25) is 0 Å². The van der Waals surface area contributed by atoms with Gasteiger partial charge < -0.3 is 10.1 Å². The first kappa shape index (κ1) is 13.9. The van der Waals surface area contributed by atoms with E-state index in [1.165, 1.54) is 13.2 Å². The summed E-state index contributed by atoms with van der Waals surface area (Å²) in [6.07, 6.45) is 0. The van der Waals surface area contributed by atoms with Gasteiger partial charge in [-0.05, 0) is 24.6 Å². The smallest absolute Gasteiger partial charge is 0.288 e. The lowest BCUT2D eigenvalue weighted by atomic mass is 10.1. The molecule has 0 saturated carbocycles. The lowest BCUT2D eigenvalue weighted by Gasteiger charge is -2.20. The van der Waals surface area contributed by atoms with E-state index in [0.717, 1.165) is 0 Å². The van der Waals surface area contributed by atoms with Gasteiger partial charge in [0, 0.05) is 0 Å². The van der Waals surface area contributed by atoms with Crippen LogP contribution in [0.25, 0.3) is 0 Å². The third-order valence-electron chi connectivity index (χ3n) is 2.40. The second-order valence-electron chi connectivity index (χ2n) is 4.43. The molecule has 1 rings (SSSR count). The Bertz CT molecular complexity index is 353. The molecule has 0 atom stereocenters. The molecule has 17 heavy (non-hydrogen) atoms. The van der Waals surface area contributed by atoms with E-state index in [-0.39, 0.29) is 17.9 Å². The Morgan fingerprint density at radius 2 is 1.94 bits per heavy atom. The van der Waals surface area contributed by atoms with Crippen LogP contribution in [0.5, 0.6) is 5.75 Å². The first-order chi connectivity index (χ1) is 7.97. The summed E-state index contributed by atoms with van der Waals surface area (Å²) in [5.41, 5.74) is -0.0706. The van der Waals surface area contributed by atoms with Crippen molar-refractivity contribution in [1.82, 2.24) is 5.32 Å². The maximum absolute atomic E-state index is 13.9. The summed E-state index contributed by atoms with van der Waals surface area (Å²) in [4.78, 5) is 0. The Labute approximate surface area is 101 Å². The van der Waals surface area contributed by atoms with E-state index in [4.69, 9.17) is 4.74 Å². The van der Waals surface area contributed by atoms with Crippen molar-refractivity contribution < 1.29 is 13.5 Å². The van der Waals surface area contributed by atoms with Crippen LogP contribution < -0.4 is 10.1 Å². The van der Waals surface area contributed by atoms with Gasteiger partial charge in [-0.1, -0.05) is 26.0 Å². The minimum atomic E-state index is -2.92. The zero-order valence-electron chi connectivity index (χ0n) is 10.5. The van der Waals surface area contributed by atoms with Crippen molar-refractivity contribution >= 4 is 0 Å². The minimum absolute atomic E-state index is 0.0706. The first-order valence-electron chi connectivity index (χ1n) is 5.69. The normalized spacial score (nSPS) is 11.9. The number of alkyl halides is 2. The van der Waals surface area contributed by atoms with Crippen LogP contribution in [-0.4, -0.2) is 20.2 Å². The van der Waals surface area contributed by atoms with Gasteiger partial charge in [0.1, 0.15) is 5.75 Å². The highest BCUT2D eigenvalue weighted by atomic mass is 19.3. The molecule has 0 aromatic heterocycles. The molecule has 4 heteroatoms. The zero-order valence-corrected chi connectivity index (χ0v) is 10.5. The Kier molecular flexibility index (Phi) is 4.87. The van der Waals surface area contributed by atoms with Gasteiger partial charge in [0.05, 0.1) is 19.2 Å². The molecule has 1 aromatic carbocycles. The van der Waals surface area contributed by atoms with Gasteiger partial charge in [0.15, 0.2) is 0 Å². The van der Waals surface area contributed by atoms with Crippen molar-refractivity contribution in [2.45, 2.75) is 19.8 Å². The van der Waals surface area contributed by atoms with Gasteiger partial charge in [0.25, 0.3) is 5.92 Å². The molecule has 0 aliphatic heterocycles. The van der Waals surface area contributed by atoms with Gasteiger partial charge in [-0.15, -0.1) is 0 Å². The van der Waals surface area contributed by atoms with Crippen molar-refractivity contribution in [3.05, 3.63) is 29.8 Å². The molecular formula is C13H19F2NO. The number of hydrogen-bond donors (Lipinski definition) is 1. The summed E-state index contributed by atoms with van der Waals surface area (Å²) in [5, 5.41) is 2.77. The maximum Gasteiger partial charge on any atom is 0.288 e. The maximum atomic E-state index is 13.9. The summed E-state index contributed by atoms with van der Waals surface area (Å²) in [6.45, 7) is 4.17. The van der Waals surface area contributed by atoms with Crippen molar-refractivity contribution in [3.63, 3.8) is 0 Å². The quantitative estimate of drug-likeness (QED) is 0.829. The van der Waals surface area contributed by atoms with Crippen LogP contribution in [0.1, 0.15) is 19.4 Å². The van der Waals surface area contributed by atoms with Crippen LogP contribution in [0, 0.1) is 5.92 Å². The molecule has 0 spiro atoms. The van der Waals surface area contributed by atoms with Crippen LogP contribution in [0.4, 0.5) is 8.78 Å². The minimum Gasteiger partial charge on any atom is -0.496 e. The van der Waals surface area contributed by atoms with E-state index in [0.29, 0.717) is 12.5 Å². The number of halogens is 2. The van der Waals surface area contributed by atoms with Crippen molar-refractivity contribution in [3.8, 4) is 5.75 Å². The number of rotatable bonds is 6. The second kappa shape index (κ2) is 5.96. The Hall–Kier alpha value is -1.16. The molecule has 0 amide bonds. The van der Waals surface area contributed by atoms with Crippen molar-refractivity contribution in [2.24, 2.45) is 5.92 Å². The van der Waals surface area contributed by atoms with Crippen LogP contribution in [0.15, 0.2) is 24.3 Å². The Morgan fingerprint density at radius 3 is 2.53 bits per heavy atom. The summed E-state index contributed by atoms with van der Waals surface area (Å²) in [6, 6.07) is 6.22. The van der Waals surface area contributed by atoms with E-state index in [9.17, 15) is 8.78 Å². The van der Waals surface area contributed by atoms with Gasteiger partial charge >= 0.3 is 0 Å². The molecule has 2 nitrogen and oxygen atoms in total. The van der Waals surface area contributed by atoms with E-state index in [1.54, 1.807) is 18.2 Å². The van der Waals surface area contributed by atoms with E-state index >= 15 is 0 Å². The summed E-state index contributed by atoms with van der Waals surface area (Å²) in [7, 11) is 1.40. The molecule has 96 valence electrons. The summed E-state index contributed by atoms with van der Waals surface area (Å²) >= 11 is 0. The highest BCUT2D eigenvalue weighted by Gasteiger charge is 2.33. The average molecular weight is 243 g/mol. The monoisotopic (exact) mass is 243 g/mol. The molecule has 0 radical (unpaired) electrons. The standard InChI is InChI=1S/C13H19F2NO/c1-10(2)8-16-9-13(14,15)11-6-4-5-7-12(11)17-3/h4-7,10,16H,8-9H2,1-3H3. The molecule has 1 aromatic rings. The van der Waals surface area contributed by atoms with Gasteiger partial charge in [-0.2, -0.15) is 8.78 Å². The number of hydrogen-bond acceptors (Lipinski definition) is 2. The lowest BCUT2D eigenvalue weighted by molar-refractivity contribution is -0.00564. The molecule has 0 unspecified atom stereocenters. The molecule has 0 fully saturated rings. The highest BCUT2D eigenvalue weighted by Crippen LogP contribution is 2.34. The molecular weight excluding hydrogens is 224 g/mol. The van der Waals surface area contributed by atoms with E-state index in [1.807, 2.05) is 13.8 Å². The van der Waals surface area contributed by atoms with E-state index < -0.39 is 5.92 Å². The van der Waals surface area contributed by atoms with Crippen LogP contribution in [-0.2, 0) is 5.92 Å². The largest absolute Gasteiger partial charge is 0.496 e. The lowest BCUT2D eigenvalue weighted by Crippen LogP contribution is -2.33. The summed E-state index contributed by atoms with van der Waals surface area (Å²) in [5.74, 6) is -2.34. The number of benzene rings is 1. The first-order valence-corrected chi connectivity index (χ1v) is 5.69. The number of ether oxygens (including phenoxy) is 1. The third kappa shape index (κ3) is 3.97. The molecule has 1 N–H and O–H groups in total. The average Bonchev–Trinajstić information content (AvgIpc) is 2.28. The van der Waals surface area contributed by atoms with Crippen LogP contribution in [0.2, 0.25) is 0 Å². The SMILES string of the molecule is COc1ccccc1C(F)(F)CNCC(C)C. The fourth-order valence-corrected chi connectivity index (χ4v) is 1.56. The van der Waals surface area contributed by atoms with Gasteiger partial charge in [-0.3, -0.25) is 0 Å². The molecule has 0 heterocycles. The predicted molar refractivity (Wildman–Crippen MR) is 64.6 cm³/mol. The van der Waals surface area contributed by atoms with Crippen LogP contribution in [0.3, 0.4) is 0 Å². The fraction of sp³-hybridized carbons (Fsp3) is 0.538.